The molecule has 0 aliphatic rings. The van der Waals surface area contributed by atoms with Gasteiger partial charge in [-0.1, -0.05) is 26.0 Å². The lowest BCUT2D eigenvalue weighted by Crippen LogP contribution is -2.17. The summed E-state index contributed by atoms with van der Waals surface area (Å²) in [6.07, 6.45) is 1.62. The molecular weight excluding hydrogens is 282 g/mol. The van der Waals surface area contributed by atoms with Crippen molar-refractivity contribution < 1.29 is 9.84 Å². The highest BCUT2D eigenvalue weighted by atomic mass is 16.5. The summed E-state index contributed by atoms with van der Waals surface area (Å²) in [4.78, 5) is 15.0. The highest BCUT2D eigenvalue weighted by Crippen LogP contribution is 2.28. The molecule has 0 saturated carbocycles. The number of ether oxygens (including phenoxy) is 1. The fourth-order valence-electron chi connectivity index (χ4n) is 2.52. The molecule has 114 valence electrons. The number of aromatic hydroxyl groups is 1. The first kappa shape index (κ1) is 14.2. The van der Waals surface area contributed by atoms with Crippen LogP contribution < -0.4 is 10.3 Å². The molecule has 6 heteroatoms. The van der Waals surface area contributed by atoms with Gasteiger partial charge in [0.1, 0.15) is 11.4 Å². The van der Waals surface area contributed by atoms with Crippen molar-refractivity contribution in [3.8, 4) is 22.8 Å². The van der Waals surface area contributed by atoms with Gasteiger partial charge in [-0.25, -0.2) is 0 Å². The van der Waals surface area contributed by atoms with Crippen LogP contribution in [0.15, 0.2) is 35.3 Å². The van der Waals surface area contributed by atoms with E-state index < -0.39 is 0 Å². The highest BCUT2D eigenvalue weighted by molar-refractivity contribution is 5.77. The van der Waals surface area contributed by atoms with E-state index in [-0.39, 0.29) is 17.4 Å². The normalized spacial score (nSPS) is 11.3. The first-order chi connectivity index (χ1) is 10.5. The quantitative estimate of drug-likeness (QED) is 0.779. The van der Waals surface area contributed by atoms with E-state index in [0.29, 0.717) is 11.2 Å². The summed E-state index contributed by atoms with van der Waals surface area (Å²) in [6.45, 7) is 3.70. The Labute approximate surface area is 127 Å². The smallest absolute Gasteiger partial charge is 0.258 e. The molecule has 6 nitrogen and oxygen atoms in total. The molecule has 2 heterocycles. The number of methoxy groups -OCH3 is 1. The second kappa shape index (κ2) is 5.22. The number of H-pyrrole nitrogens is 1. The predicted molar refractivity (Wildman–Crippen MR) is 83.6 cm³/mol. The molecule has 2 aromatic heterocycles. The van der Waals surface area contributed by atoms with Crippen LogP contribution in [0.3, 0.4) is 0 Å². The zero-order valence-corrected chi connectivity index (χ0v) is 12.6. The van der Waals surface area contributed by atoms with Crippen molar-refractivity contribution in [3.63, 3.8) is 0 Å². The van der Waals surface area contributed by atoms with Gasteiger partial charge in [0, 0.05) is 5.56 Å². The van der Waals surface area contributed by atoms with Gasteiger partial charge in [0.15, 0.2) is 0 Å². The molecule has 3 aromatic rings. The molecule has 0 unspecified atom stereocenters. The minimum Gasteiger partial charge on any atom is -0.497 e. The molecular formula is C16H17N3O3. The van der Waals surface area contributed by atoms with Gasteiger partial charge >= 0.3 is 0 Å². The van der Waals surface area contributed by atoms with Crippen molar-refractivity contribution in [1.82, 2.24) is 14.6 Å². The van der Waals surface area contributed by atoms with Gasteiger partial charge in [-0.15, -0.1) is 0 Å². The maximum Gasteiger partial charge on any atom is 0.258 e. The lowest BCUT2D eigenvalue weighted by Gasteiger charge is -2.08. The molecule has 0 aliphatic heterocycles. The lowest BCUT2D eigenvalue weighted by atomic mass is 10.1. The molecule has 0 spiro atoms. The Morgan fingerprint density at radius 3 is 2.55 bits per heavy atom. The number of nitrogens with zero attached hydrogens (tertiary/aromatic N) is 2. The van der Waals surface area contributed by atoms with Gasteiger partial charge < -0.3 is 14.8 Å². The maximum absolute atomic E-state index is 12.2. The van der Waals surface area contributed by atoms with Crippen molar-refractivity contribution in [2.24, 2.45) is 0 Å². The molecule has 0 bridgehead atoms. The summed E-state index contributed by atoms with van der Waals surface area (Å²) in [7, 11) is 1.60. The second-order valence-electron chi connectivity index (χ2n) is 5.39. The average molecular weight is 299 g/mol. The van der Waals surface area contributed by atoms with Crippen molar-refractivity contribution in [3.05, 3.63) is 46.4 Å². The van der Waals surface area contributed by atoms with Crippen molar-refractivity contribution in [2.75, 3.05) is 7.11 Å². The Balaban J connectivity index is 2.22. The third-order valence-electron chi connectivity index (χ3n) is 3.67. The van der Waals surface area contributed by atoms with Crippen LogP contribution in [0.2, 0.25) is 0 Å². The Morgan fingerprint density at radius 2 is 1.95 bits per heavy atom. The molecule has 22 heavy (non-hydrogen) atoms. The van der Waals surface area contributed by atoms with Crippen molar-refractivity contribution >= 4 is 5.65 Å². The molecule has 3 rings (SSSR count). The number of aromatic amines is 1. The van der Waals surface area contributed by atoms with E-state index in [1.54, 1.807) is 13.3 Å². The van der Waals surface area contributed by atoms with Crippen LogP contribution in [-0.2, 0) is 0 Å². The molecule has 0 fully saturated rings. The average Bonchev–Trinajstić information content (AvgIpc) is 2.91. The second-order valence-corrected chi connectivity index (χ2v) is 5.39. The summed E-state index contributed by atoms with van der Waals surface area (Å²) < 4.78 is 6.49. The van der Waals surface area contributed by atoms with Crippen LogP contribution in [0, 0.1) is 0 Å². The number of rotatable bonds is 3. The number of hydrogen-bond donors (Lipinski definition) is 2. The molecule has 0 radical (unpaired) electrons. The van der Waals surface area contributed by atoms with E-state index in [9.17, 15) is 9.90 Å². The van der Waals surface area contributed by atoms with Gasteiger partial charge in [0.25, 0.3) is 5.56 Å². The fraction of sp³-hybridized carbons (Fsp3) is 0.250. The van der Waals surface area contributed by atoms with Crippen molar-refractivity contribution in [1.29, 1.82) is 0 Å². The molecule has 0 aliphatic carbocycles. The van der Waals surface area contributed by atoms with Crippen LogP contribution >= 0.6 is 0 Å². The summed E-state index contributed by atoms with van der Waals surface area (Å²) in [5, 5.41) is 14.5. The third-order valence-corrected chi connectivity index (χ3v) is 3.67. The minimum atomic E-state index is -0.296. The fourth-order valence-corrected chi connectivity index (χ4v) is 2.52. The lowest BCUT2D eigenvalue weighted by molar-refractivity contribution is 0.415. The monoisotopic (exact) mass is 299 g/mol. The molecule has 0 amide bonds. The number of benzene rings is 1. The van der Waals surface area contributed by atoms with Crippen LogP contribution in [-0.4, -0.2) is 26.8 Å². The van der Waals surface area contributed by atoms with Crippen LogP contribution in [0.5, 0.6) is 11.6 Å². The number of nitrogens with one attached hydrogen (secondary N) is 1. The van der Waals surface area contributed by atoms with Gasteiger partial charge in [0.05, 0.1) is 18.9 Å². The first-order valence-electron chi connectivity index (χ1n) is 7.00. The molecule has 0 atom stereocenters. The van der Waals surface area contributed by atoms with E-state index in [4.69, 9.17) is 4.74 Å². The summed E-state index contributed by atoms with van der Waals surface area (Å²) in [5.74, 6) is 0.536. The van der Waals surface area contributed by atoms with Gasteiger partial charge in [-0.2, -0.15) is 9.61 Å². The number of fused-ring (bicyclic) bond motifs is 1. The molecule has 1 aromatic carbocycles. The van der Waals surface area contributed by atoms with Crippen LogP contribution in [0.25, 0.3) is 16.8 Å². The van der Waals surface area contributed by atoms with E-state index >= 15 is 0 Å². The Hall–Kier alpha value is -2.76. The van der Waals surface area contributed by atoms with Crippen LogP contribution in [0.4, 0.5) is 0 Å². The summed E-state index contributed by atoms with van der Waals surface area (Å²) >= 11 is 0. The predicted octanol–water partition coefficient (Wildman–Crippen LogP) is 2.53. The zero-order valence-electron chi connectivity index (χ0n) is 12.6. The first-order valence-corrected chi connectivity index (χ1v) is 7.00. The van der Waals surface area contributed by atoms with E-state index in [1.165, 1.54) is 4.52 Å². The number of aromatic nitrogens is 3. The molecule has 2 N–H and O–H groups in total. The van der Waals surface area contributed by atoms with E-state index in [0.717, 1.165) is 16.9 Å². The SMILES string of the molecule is COc1ccc(-c2cnn3c(O)c(C(C)C)c(=O)[nH]c23)cc1. The van der Waals surface area contributed by atoms with Gasteiger partial charge in [-0.3, -0.25) is 4.79 Å². The highest BCUT2D eigenvalue weighted by Gasteiger charge is 2.18. The molecule has 0 saturated heterocycles. The number of hydrogen-bond acceptors (Lipinski definition) is 4. The Morgan fingerprint density at radius 1 is 1.27 bits per heavy atom. The van der Waals surface area contributed by atoms with Crippen molar-refractivity contribution in [2.45, 2.75) is 19.8 Å². The van der Waals surface area contributed by atoms with E-state index in [2.05, 4.69) is 10.1 Å². The zero-order chi connectivity index (χ0) is 15.9. The van der Waals surface area contributed by atoms with Crippen LogP contribution in [0.1, 0.15) is 25.3 Å². The minimum absolute atomic E-state index is 0.0956. The van der Waals surface area contributed by atoms with E-state index in [1.807, 2.05) is 38.1 Å². The largest absolute Gasteiger partial charge is 0.497 e. The summed E-state index contributed by atoms with van der Waals surface area (Å²) in [5.41, 5.74) is 2.12. The van der Waals surface area contributed by atoms with Gasteiger partial charge in [-0.05, 0) is 23.6 Å². The third kappa shape index (κ3) is 2.13. The summed E-state index contributed by atoms with van der Waals surface area (Å²) in [6, 6.07) is 7.42. The standard InChI is InChI=1S/C16H17N3O3/c1-9(2)13-15(20)18-14-12(8-17-19(14)16(13)21)10-4-6-11(22-3)7-5-10/h4-9,21H,1-3H3,(H,18,20). The van der Waals surface area contributed by atoms with Gasteiger partial charge in [0.2, 0.25) is 5.88 Å². The Kier molecular flexibility index (Phi) is 3.36. The maximum atomic E-state index is 12.2. The Bertz CT molecular complexity index is 876. The topological polar surface area (TPSA) is 79.6 Å².